The van der Waals surface area contributed by atoms with Crippen LogP contribution in [0.4, 0.5) is 0 Å². The van der Waals surface area contributed by atoms with Gasteiger partial charge in [0.2, 0.25) is 0 Å². The molecule has 0 aliphatic carbocycles. The summed E-state index contributed by atoms with van der Waals surface area (Å²) in [6.45, 7) is 11.9. The highest BCUT2D eigenvalue weighted by molar-refractivity contribution is 4.76. The Kier molecular flexibility index (Phi) is 11.9. The number of ether oxygens (including phenoxy) is 1. The predicted molar refractivity (Wildman–Crippen MR) is 81.2 cm³/mol. The summed E-state index contributed by atoms with van der Waals surface area (Å²) in [5.74, 6) is 0. The van der Waals surface area contributed by atoms with E-state index in [0.717, 1.165) is 26.1 Å². The summed E-state index contributed by atoms with van der Waals surface area (Å²) in [6.07, 6.45) is 10.3. The van der Waals surface area contributed by atoms with Crippen molar-refractivity contribution < 1.29 is 4.74 Å². The number of hydrogen-bond acceptors (Lipinski definition) is 2. The average Bonchev–Trinajstić information content (AvgIpc) is 2.38. The molecule has 0 bridgehead atoms. The molecule has 2 heteroatoms. The molecule has 0 spiro atoms. The van der Waals surface area contributed by atoms with Gasteiger partial charge in [0.25, 0.3) is 0 Å². The van der Waals surface area contributed by atoms with Crippen molar-refractivity contribution in [1.82, 2.24) is 5.32 Å². The lowest BCUT2D eigenvalue weighted by Gasteiger charge is -2.29. The third-order valence-electron chi connectivity index (χ3n) is 3.62. The van der Waals surface area contributed by atoms with Crippen LogP contribution in [-0.4, -0.2) is 25.3 Å². The van der Waals surface area contributed by atoms with E-state index in [2.05, 4.69) is 33.0 Å². The summed E-state index contributed by atoms with van der Waals surface area (Å²) < 4.78 is 6.07. The smallest absolute Gasteiger partial charge is 0.0775 e. The largest absolute Gasteiger partial charge is 0.374 e. The normalized spacial score (nSPS) is 14.7. The van der Waals surface area contributed by atoms with Crippen molar-refractivity contribution >= 4 is 0 Å². The molecule has 0 saturated heterocycles. The Labute approximate surface area is 115 Å². The van der Waals surface area contributed by atoms with Gasteiger partial charge in [-0.25, -0.2) is 0 Å². The van der Waals surface area contributed by atoms with Crippen LogP contribution in [0.5, 0.6) is 0 Å². The predicted octanol–water partition coefficient (Wildman–Crippen LogP) is 4.53. The van der Waals surface area contributed by atoms with Crippen LogP contribution < -0.4 is 5.32 Å². The highest BCUT2D eigenvalue weighted by Crippen LogP contribution is 2.15. The van der Waals surface area contributed by atoms with Gasteiger partial charge in [-0.15, -0.1) is 0 Å². The topological polar surface area (TPSA) is 21.3 Å². The second kappa shape index (κ2) is 12.0. The minimum Gasteiger partial charge on any atom is -0.374 e. The second-order valence-electron chi connectivity index (χ2n) is 5.60. The third kappa shape index (κ3) is 9.90. The number of hydrogen-bond donors (Lipinski definition) is 1. The molecule has 0 rings (SSSR count). The van der Waals surface area contributed by atoms with Gasteiger partial charge in [0.15, 0.2) is 0 Å². The molecule has 0 aromatic rings. The fraction of sp³-hybridized carbons (Fsp3) is 1.00. The maximum Gasteiger partial charge on any atom is 0.0775 e. The molecule has 0 aliphatic rings. The van der Waals surface area contributed by atoms with Gasteiger partial charge in [0.05, 0.1) is 5.60 Å². The zero-order chi connectivity index (χ0) is 13.7. The molecule has 2 nitrogen and oxygen atoms in total. The van der Waals surface area contributed by atoms with E-state index in [0.29, 0.717) is 0 Å². The van der Waals surface area contributed by atoms with Crippen LogP contribution >= 0.6 is 0 Å². The first-order valence-corrected chi connectivity index (χ1v) is 8.03. The van der Waals surface area contributed by atoms with Crippen LogP contribution in [0.25, 0.3) is 0 Å². The fourth-order valence-electron chi connectivity index (χ4n) is 2.01. The molecule has 0 saturated carbocycles. The second-order valence-corrected chi connectivity index (χ2v) is 5.60. The van der Waals surface area contributed by atoms with Crippen LogP contribution in [0.2, 0.25) is 0 Å². The van der Waals surface area contributed by atoms with Gasteiger partial charge in [0.1, 0.15) is 0 Å². The highest BCUT2D eigenvalue weighted by Gasteiger charge is 2.21. The van der Waals surface area contributed by atoms with E-state index in [1.54, 1.807) is 0 Å². The minimum absolute atomic E-state index is 0.0264. The van der Waals surface area contributed by atoms with Crippen molar-refractivity contribution in [3.8, 4) is 0 Å². The van der Waals surface area contributed by atoms with Gasteiger partial charge in [-0.2, -0.15) is 0 Å². The number of rotatable bonds is 13. The molecule has 0 fully saturated rings. The molecule has 0 radical (unpaired) electrons. The first kappa shape index (κ1) is 17.9. The molecular weight excluding hydrogens is 222 g/mol. The lowest BCUT2D eigenvalue weighted by molar-refractivity contribution is -0.0346. The molecule has 0 amide bonds. The summed E-state index contributed by atoms with van der Waals surface area (Å²) in [5.41, 5.74) is 0.0264. The first-order chi connectivity index (χ1) is 8.68. The highest BCUT2D eigenvalue weighted by atomic mass is 16.5. The molecule has 0 aromatic heterocycles. The standard InChI is InChI=1S/C16H35NO/c1-5-8-9-10-11-12-14-18-16(4,7-3)15-17-13-6-2/h17H,5-15H2,1-4H3. The maximum absolute atomic E-state index is 6.07. The average molecular weight is 257 g/mol. The van der Waals surface area contributed by atoms with Gasteiger partial charge >= 0.3 is 0 Å². The van der Waals surface area contributed by atoms with Crippen molar-refractivity contribution in [2.45, 2.75) is 84.7 Å². The molecule has 1 unspecified atom stereocenters. The van der Waals surface area contributed by atoms with Crippen molar-refractivity contribution in [2.24, 2.45) is 0 Å². The van der Waals surface area contributed by atoms with Crippen LogP contribution in [0, 0.1) is 0 Å². The lowest BCUT2D eigenvalue weighted by atomic mass is 10.0. The van der Waals surface area contributed by atoms with Crippen molar-refractivity contribution in [1.29, 1.82) is 0 Å². The molecule has 18 heavy (non-hydrogen) atoms. The Hall–Kier alpha value is -0.0800. The van der Waals surface area contributed by atoms with Gasteiger partial charge in [-0.05, 0) is 32.7 Å². The minimum atomic E-state index is 0.0264. The molecular formula is C16H35NO. The van der Waals surface area contributed by atoms with E-state index in [1.165, 1.54) is 44.9 Å². The fourth-order valence-corrected chi connectivity index (χ4v) is 2.01. The Balaban J connectivity index is 3.53. The summed E-state index contributed by atoms with van der Waals surface area (Å²) in [7, 11) is 0. The molecule has 110 valence electrons. The number of unbranched alkanes of at least 4 members (excludes halogenated alkanes) is 5. The Bertz CT molecular complexity index is 172. The summed E-state index contributed by atoms with van der Waals surface area (Å²) in [6, 6.07) is 0. The number of nitrogens with one attached hydrogen (secondary N) is 1. The lowest BCUT2D eigenvalue weighted by Crippen LogP contribution is -2.40. The van der Waals surface area contributed by atoms with Crippen molar-refractivity contribution in [2.75, 3.05) is 19.7 Å². The Morgan fingerprint density at radius 3 is 2.17 bits per heavy atom. The van der Waals surface area contributed by atoms with E-state index in [1.807, 2.05) is 0 Å². The molecule has 0 aliphatic heterocycles. The molecule has 1 N–H and O–H groups in total. The van der Waals surface area contributed by atoms with Crippen molar-refractivity contribution in [3.05, 3.63) is 0 Å². The van der Waals surface area contributed by atoms with Gasteiger partial charge in [-0.1, -0.05) is 52.9 Å². The third-order valence-corrected chi connectivity index (χ3v) is 3.62. The van der Waals surface area contributed by atoms with E-state index in [-0.39, 0.29) is 5.60 Å². The van der Waals surface area contributed by atoms with Crippen LogP contribution in [-0.2, 0) is 4.74 Å². The van der Waals surface area contributed by atoms with E-state index < -0.39 is 0 Å². The van der Waals surface area contributed by atoms with Gasteiger partial charge in [0, 0.05) is 13.2 Å². The van der Waals surface area contributed by atoms with Crippen LogP contribution in [0.3, 0.4) is 0 Å². The molecule has 1 atom stereocenters. The van der Waals surface area contributed by atoms with E-state index in [4.69, 9.17) is 4.74 Å². The van der Waals surface area contributed by atoms with Crippen LogP contribution in [0.1, 0.15) is 79.1 Å². The Morgan fingerprint density at radius 2 is 1.56 bits per heavy atom. The molecule has 0 aromatic carbocycles. The zero-order valence-electron chi connectivity index (χ0n) is 13.2. The quantitative estimate of drug-likeness (QED) is 0.489. The van der Waals surface area contributed by atoms with Gasteiger partial charge < -0.3 is 10.1 Å². The van der Waals surface area contributed by atoms with Crippen LogP contribution in [0.15, 0.2) is 0 Å². The Morgan fingerprint density at radius 1 is 0.889 bits per heavy atom. The summed E-state index contributed by atoms with van der Waals surface area (Å²) in [4.78, 5) is 0. The monoisotopic (exact) mass is 257 g/mol. The van der Waals surface area contributed by atoms with E-state index >= 15 is 0 Å². The van der Waals surface area contributed by atoms with Crippen molar-refractivity contribution in [3.63, 3.8) is 0 Å². The summed E-state index contributed by atoms with van der Waals surface area (Å²) >= 11 is 0. The summed E-state index contributed by atoms with van der Waals surface area (Å²) in [5, 5.41) is 3.47. The maximum atomic E-state index is 6.07. The zero-order valence-corrected chi connectivity index (χ0v) is 13.2. The molecule has 0 heterocycles. The van der Waals surface area contributed by atoms with Gasteiger partial charge in [-0.3, -0.25) is 0 Å². The first-order valence-electron chi connectivity index (χ1n) is 8.03. The SMILES string of the molecule is CCCCCCCCOC(C)(CC)CNCCC. The van der Waals surface area contributed by atoms with E-state index in [9.17, 15) is 0 Å².